The maximum Gasteiger partial charge on any atom is 0.410 e. The number of thiazole rings is 1. The number of methoxy groups -OCH3 is 2. The average molecular weight is 468 g/mol. The molecular formula is C24H25N3O5S. The number of nitrogens with zero attached hydrogens (tertiary/aromatic N) is 3. The zero-order chi connectivity index (χ0) is 23.2. The third kappa shape index (κ3) is 4.93. The molecule has 0 spiro atoms. The van der Waals surface area contributed by atoms with Crippen molar-refractivity contribution in [2.45, 2.75) is 25.5 Å². The van der Waals surface area contributed by atoms with Crippen LogP contribution in [0.4, 0.5) is 15.6 Å². The summed E-state index contributed by atoms with van der Waals surface area (Å²) in [6.45, 7) is 0.616. The largest absolute Gasteiger partial charge is 0.493 e. The highest BCUT2D eigenvalue weighted by Crippen LogP contribution is 2.37. The van der Waals surface area contributed by atoms with E-state index in [2.05, 4.69) is 4.98 Å². The first-order valence-electron chi connectivity index (χ1n) is 10.5. The van der Waals surface area contributed by atoms with E-state index in [1.165, 1.54) is 21.1 Å². The Morgan fingerprint density at radius 1 is 1.12 bits per heavy atom. The maximum absolute atomic E-state index is 13.8. The molecule has 0 saturated carbocycles. The van der Waals surface area contributed by atoms with E-state index in [9.17, 15) is 9.59 Å². The zero-order valence-electron chi connectivity index (χ0n) is 18.5. The lowest BCUT2D eigenvalue weighted by Gasteiger charge is -2.29. The molecule has 0 aliphatic carbocycles. The van der Waals surface area contributed by atoms with Crippen molar-refractivity contribution in [2.24, 2.45) is 0 Å². The van der Waals surface area contributed by atoms with Gasteiger partial charge in [-0.2, -0.15) is 0 Å². The summed E-state index contributed by atoms with van der Waals surface area (Å²) in [5.74, 6) is 0.806. The van der Waals surface area contributed by atoms with Gasteiger partial charge in [-0.1, -0.05) is 30.3 Å². The topological polar surface area (TPSA) is 81.2 Å². The summed E-state index contributed by atoms with van der Waals surface area (Å²) in [5, 5.41) is 2.31. The van der Waals surface area contributed by atoms with Crippen molar-refractivity contribution in [3.8, 4) is 11.5 Å². The highest BCUT2D eigenvalue weighted by atomic mass is 32.1. The molecule has 33 heavy (non-hydrogen) atoms. The number of ether oxygens (including phenoxy) is 3. The number of carbonyl (C=O) groups is 2. The van der Waals surface area contributed by atoms with Crippen LogP contribution in [0.25, 0.3) is 0 Å². The summed E-state index contributed by atoms with van der Waals surface area (Å²) >= 11 is 1.34. The fourth-order valence-corrected chi connectivity index (χ4v) is 4.48. The summed E-state index contributed by atoms with van der Waals surface area (Å²) in [4.78, 5) is 34.0. The third-order valence-electron chi connectivity index (χ3n) is 5.43. The normalized spacial score (nSPS) is 15.2. The minimum Gasteiger partial charge on any atom is -0.493 e. The van der Waals surface area contributed by atoms with Gasteiger partial charge >= 0.3 is 6.09 Å². The van der Waals surface area contributed by atoms with Crippen LogP contribution in [-0.4, -0.2) is 48.7 Å². The van der Waals surface area contributed by atoms with Gasteiger partial charge in [0.05, 0.1) is 19.9 Å². The zero-order valence-corrected chi connectivity index (χ0v) is 19.3. The van der Waals surface area contributed by atoms with E-state index >= 15 is 0 Å². The SMILES string of the molecule is COc1ccc(N(C(=O)C2CCCN2C(=O)OCc2ccccc2)c2nccs2)cc1OC. The molecule has 172 valence electrons. The van der Waals surface area contributed by atoms with Gasteiger partial charge in [0.15, 0.2) is 16.6 Å². The van der Waals surface area contributed by atoms with Crippen LogP contribution in [0, 0.1) is 0 Å². The standard InChI is InChI=1S/C24H25N3O5S/c1-30-20-11-10-18(15-21(20)31-2)27(23-25-12-14-33-23)22(28)19-9-6-13-26(19)24(29)32-16-17-7-4-3-5-8-17/h3-5,7-8,10-12,14-15,19H,6,9,13,16H2,1-2H3. The predicted octanol–water partition coefficient (Wildman–Crippen LogP) is 4.63. The second kappa shape index (κ2) is 10.4. The molecule has 1 aliphatic rings. The van der Waals surface area contributed by atoms with Gasteiger partial charge < -0.3 is 14.2 Å². The first-order valence-corrected chi connectivity index (χ1v) is 11.4. The summed E-state index contributed by atoms with van der Waals surface area (Å²) < 4.78 is 16.2. The predicted molar refractivity (Wildman–Crippen MR) is 125 cm³/mol. The number of carbonyl (C=O) groups excluding carboxylic acids is 2. The lowest BCUT2D eigenvalue weighted by molar-refractivity contribution is -0.121. The van der Waals surface area contributed by atoms with E-state index in [4.69, 9.17) is 14.2 Å². The van der Waals surface area contributed by atoms with Crippen LogP contribution in [0.2, 0.25) is 0 Å². The molecule has 9 heteroatoms. The lowest BCUT2D eigenvalue weighted by Crippen LogP contribution is -2.46. The minimum absolute atomic E-state index is 0.156. The average Bonchev–Trinajstić information content (AvgIpc) is 3.56. The van der Waals surface area contributed by atoms with Crippen LogP contribution in [0.1, 0.15) is 18.4 Å². The summed E-state index contributed by atoms with van der Waals surface area (Å²) in [6, 6.07) is 14.1. The molecule has 0 bridgehead atoms. The molecule has 2 aromatic carbocycles. The maximum atomic E-state index is 13.8. The van der Waals surface area contributed by atoms with Crippen molar-refractivity contribution in [1.82, 2.24) is 9.88 Å². The van der Waals surface area contributed by atoms with Gasteiger partial charge in [0.1, 0.15) is 12.6 Å². The first kappa shape index (κ1) is 22.6. The van der Waals surface area contributed by atoms with E-state index < -0.39 is 12.1 Å². The summed E-state index contributed by atoms with van der Waals surface area (Å²) in [7, 11) is 3.09. The van der Waals surface area contributed by atoms with Crippen molar-refractivity contribution < 1.29 is 23.8 Å². The first-order chi connectivity index (χ1) is 16.1. The van der Waals surface area contributed by atoms with E-state index in [1.807, 2.05) is 30.3 Å². The van der Waals surface area contributed by atoms with Crippen molar-refractivity contribution in [2.75, 3.05) is 25.7 Å². The molecule has 0 N–H and O–H groups in total. The third-order valence-corrected chi connectivity index (χ3v) is 6.19. The van der Waals surface area contributed by atoms with Gasteiger partial charge in [-0.15, -0.1) is 11.3 Å². The number of rotatable bonds is 7. The number of benzene rings is 2. The van der Waals surface area contributed by atoms with Gasteiger partial charge in [0, 0.05) is 24.2 Å². The molecule has 2 heterocycles. The number of anilines is 2. The molecule has 1 fully saturated rings. The molecule has 3 aromatic rings. The monoisotopic (exact) mass is 467 g/mol. The number of hydrogen-bond donors (Lipinski definition) is 0. The van der Waals surface area contributed by atoms with Gasteiger partial charge in [0.25, 0.3) is 5.91 Å². The van der Waals surface area contributed by atoms with Gasteiger partial charge in [0.2, 0.25) is 0 Å². The highest BCUT2D eigenvalue weighted by molar-refractivity contribution is 7.13. The Morgan fingerprint density at radius 3 is 2.61 bits per heavy atom. The van der Waals surface area contributed by atoms with Crippen molar-refractivity contribution in [3.63, 3.8) is 0 Å². The number of aromatic nitrogens is 1. The molecule has 0 radical (unpaired) electrons. The van der Waals surface area contributed by atoms with Crippen molar-refractivity contribution >= 4 is 34.2 Å². The number of hydrogen-bond acceptors (Lipinski definition) is 7. The second-order valence-electron chi connectivity index (χ2n) is 7.42. The summed E-state index contributed by atoms with van der Waals surface area (Å²) in [6.07, 6.45) is 2.41. The fourth-order valence-electron chi connectivity index (χ4n) is 3.82. The minimum atomic E-state index is -0.648. The van der Waals surface area contributed by atoms with Gasteiger partial charge in [-0.3, -0.25) is 14.6 Å². The van der Waals surface area contributed by atoms with Crippen LogP contribution < -0.4 is 14.4 Å². The Hall–Kier alpha value is -3.59. The Bertz CT molecular complexity index is 1090. The fraction of sp³-hybridized carbons (Fsp3) is 0.292. The van der Waals surface area contributed by atoms with E-state index in [-0.39, 0.29) is 12.5 Å². The Balaban J connectivity index is 1.57. The molecular weight excluding hydrogens is 442 g/mol. The quantitative estimate of drug-likeness (QED) is 0.504. The molecule has 8 nitrogen and oxygen atoms in total. The molecule has 1 unspecified atom stereocenters. The highest BCUT2D eigenvalue weighted by Gasteiger charge is 2.39. The van der Waals surface area contributed by atoms with Crippen molar-refractivity contribution in [1.29, 1.82) is 0 Å². The molecule has 4 rings (SSSR count). The van der Waals surface area contributed by atoms with Gasteiger partial charge in [-0.05, 0) is 30.5 Å². The van der Waals surface area contributed by atoms with Crippen molar-refractivity contribution in [3.05, 3.63) is 65.7 Å². The summed E-state index contributed by atoms with van der Waals surface area (Å²) in [5.41, 5.74) is 1.47. The van der Waals surface area contributed by atoms with E-state index in [0.717, 1.165) is 5.56 Å². The molecule has 1 aliphatic heterocycles. The van der Waals surface area contributed by atoms with Crippen LogP contribution >= 0.6 is 11.3 Å². The van der Waals surface area contributed by atoms with Crippen LogP contribution in [0.15, 0.2) is 60.1 Å². The van der Waals surface area contributed by atoms with Gasteiger partial charge in [-0.25, -0.2) is 9.78 Å². The van der Waals surface area contributed by atoms with Crippen LogP contribution in [0.5, 0.6) is 11.5 Å². The smallest absolute Gasteiger partial charge is 0.410 e. The Labute approximate surface area is 196 Å². The van der Waals surface area contributed by atoms with Crippen LogP contribution in [-0.2, 0) is 16.1 Å². The molecule has 2 amide bonds. The van der Waals surface area contributed by atoms with E-state index in [0.29, 0.717) is 41.7 Å². The number of amides is 2. The molecule has 1 atom stereocenters. The van der Waals surface area contributed by atoms with Crippen LogP contribution in [0.3, 0.4) is 0 Å². The Kier molecular flexibility index (Phi) is 7.09. The molecule has 1 saturated heterocycles. The molecule has 1 aromatic heterocycles. The lowest BCUT2D eigenvalue weighted by atomic mass is 10.1. The second-order valence-corrected chi connectivity index (χ2v) is 8.29. The van der Waals surface area contributed by atoms with E-state index in [1.54, 1.807) is 44.0 Å². The number of likely N-dealkylation sites (tertiary alicyclic amines) is 1. The Morgan fingerprint density at radius 2 is 1.91 bits per heavy atom.